The van der Waals surface area contributed by atoms with E-state index in [0.717, 1.165) is 26.3 Å². The van der Waals surface area contributed by atoms with E-state index in [0.29, 0.717) is 6.04 Å². The van der Waals surface area contributed by atoms with Crippen molar-refractivity contribution in [2.75, 3.05) is 10.6 Å². The molecular formula is C20H20N4OS2. The monoisotopic (exact) mass is 396 g/mol. The molecule has 7 heteroatoms. The number of nitrogens with one attached hydrogen (secondary N) is 2. The maximum Gasteiger partial charge on any atom is 0.242 e. The van der Waals surface area contributed by atoms with Crippen LogP contribution in [0.25, 0.3) is 0 Å². The first-order chi connectivity index (χ1) is 13.2. The van der Waals surface area contributed by atoms with Crippen molar-refractivity contribution in [2.24, 2.45) is 0 Å². The molecule has 138 valence electrons. The van der Waals surface area contributed by atoms with Gasteiger partial charge in [0.1, 0.15) is 5.25 Å². The van der Waals surface area contributed by atoms with E-state index in [2.05, 4.69) is 20.8 Å². The molecule has 4 rings (SSSR count). The Balaban J connectivity index is 1.52. The van der Waals surface area contributed by atoms with Crippen molar-refractivity contribution >= 4 is 39.8 Å². The van der Waals surface area contributed by atoms with Crippen LogP contribution in [0.5, 0.6) is 0 Å². The highest BCUT2D eigenvalue weighted by atomic mass is 32.2. The van der Waals surface area contributed by atoms with E-state index in [1.54, 1.807) is 0 Å². The molecule has 2 N–H and O–H groups in total. The third-order valence-electron chi connectivity index (χ3n) is 4.19. The molecule has 3 aromatic rings. The Labute approximate surface area is 166 Å². The van der Waals surface area contributed by atoms with Crippen LogP contribution in [0.15, 0.2) is 58.9 Å². The second kappa shape index (κ2) is 8.10. The van der Waals surface area contributed by atoms with E-state index >= 15 is 0 Å². The average Bonchev–Trinajstić information content (AvgIpc) is 3.39. The minimum absolute atomic E-state index is 0.0676. The summed E-state index contributed by atoms with van der Waals surface area (Å²) < 4.78 is 0.783. The van der Waals surface area contributed by atoms with E-state index in [9.17, 15) is 4.79 Å². The van der Waals surface area contributed by atoms with Gasteiger partial charge in [0.25, 0.3) is 0 Å². The Hall–Kier alpha value is -2.38. The fourth-order valence-corrected chi connectivity index (χ4v) is 4.59. The van der Waals surface area contributed by atoms with E-state index in [1.807, 2.05) is 61.5 Å². The summed E-state index contributed by atoms with van der Waals surface area (Å²) in [6, 6.07) is 18.1. The smallest absolute Gasteiger partial charge is 0.242 e. The summed E-state index contributed by atoms with van der Waals surface area (Å²) in [5.41, 5.74) is 2.89. The molecule has 1 heterocycles. The third kappa shape index (κ3) is 4.87. The van der Waals surface area contributed by atoms with Crippen molar-refractivity contribution in [1.82, 2.24) is 10.2 Å². The average molecular weight is 397 g/mol. The van der Waals surface area contributed by atoms with E-state index in [-0.39, 0.29) is 5.91 Å². The largest absolute Gasteiger partial charge is 0.357 e. The molecule has 0 aliphatic heterocycles. The molecule has 0 radical (unpaired) electrons. The van der Waals surface area contributed by atoms with Crippen molar-refractivity contribution in [3.8, 4) is 0 Å². The van der Waals surface area contributed by atoms with E-state index in [1.165, 1.54) is 35.9 Å². The Kier molecular flexibility index (Phi) is 5.40. The maximum absolute atomic E-state index is 13.0. The fourth-order valence-electron chi connectivity index (χ4n) is 2.56. The third-order valence-corrected chi connectivity index (χ3v) is 6.38. The van der Waals surface area contributed by atoms with Crippen LogP contribution in [0.4, 0.5) is 10.8 Å². The summed E-state index contributed by atoms with van der Waals surface area (Å²) in [6.07, 6.45) is 2.38. The van der Waals surface area contributed by atoms with Crippen LogP contribution >= 0.6 is 23.1 Å². The number of anilines is 2. The van der Waals surface area contributed by atoms with Gasteiger partial charge in [0.15, 0.2) is 4.34 Å². The minimum Gasteiger partial charge on any atom is -0.357 e. The van der Waals surface area contributed by atoms with Gasteiger partial charge in [0, 0.05) is 11.7 Å². The van der Waals surface area contributed by atoms with Crippen molar-refractivity contribution in [3.05, 3.63) is 65.7 Å². The number of hydrogen-bond donors (Lipinski definition) is 2. The first-order valence-corrected chi connectivity index (χ1v) is 10.6. The number of aromatic nitrogens is 2. The quantitative estimate of drug-likeness (QED) is 0.557. The van der Waals surface area contributed by atoms with E-state index < -0.39 is 5.25 Å². The van der Waals surface area contributed by atoms with Crippen molar-refractivity contribution < 1.29 is 4.79 Å². The van der Waals surface area contributed by atoms with Crippen LogP contribution in [0.1, 0.15) is 29.2 Å². The number of thioether (sulfide) groups is 1. The lowest BCUT2D eigenvalue weighted by Gasteiger charge is -2.15. The van der Waals surface area contributed by atoms with E-state index in [4.69, 9.17) is 0 Å². The van der Waals surface area contributed by atoms with Crippen molar-refractivity contribution in [1.29, 1.82) is 0 Å². The Bertz CT molecular complexity index is 907. The molecule has 0 saturated heterocycles. The molecule has 5 nitrogen and oxygen atoms in total. The molecule has 1 aromatic heterocycles. The number of amides is 1. The molecule has 1 saturated carbocycles. The predicted octanol–water partition coefficient (Wildman–Crippen LogP) is 4.89. The summed E-state index contributed by atoms with van der Waals surface area (Å²) >= 11 is 2.93. The summed E-state index contributed by atoms with van der Waals surface area (Å²) in [5.74, 6) is -0.0676. The molecular weight excluding hydrogens is 376 g/mol. The second-order valence-electron chi connectivity index (χ2n) is 6.56. The van der Waals surface area contributed by atoms with Crippen LogP contribution < -0.4 is 10.6 Å². The first kappa shape index (κ1) is 18.0. The Morgan fingerprint density at radius 1 is 1.11 bits per heavy atom. The zero-order chi connectivity index (χ0) is 18.6. The molecule has 1 aliphatic carbocycles. The minimum atomic E-state index is -0.394. The lowest BCUT2D eigenvalue weighted by molar-refractivity contribution is -0.115. The molecule has 27 heavy (non-hydrogen) atoms. The molecule has 1 atom stereocenters. The molecule has 1 amide bonds. The fraction of sp³-hybridized carbons (Fsp3) is 0.250. The van der Waals surface area contributed by atoms with Gasteiger partial charge in [-0.15, -0.1) is 10.2 Å². The molecule has 0 bridgehead atoms. The number of benzene rings is 2. The van der Waals surface area contributed by atoms with Crippen LogP contribution in [-0.2, 0) is 4.79 Å². The lowest BCUT2D eigenvalue weighted by Crippen LogP contribution is -2.19. The van der Waals surface area contributed by atoms with Gasteiger partial charge in [-0.2, -0.15) is 0 Å². The number of rotatable bonds is 7. The molecule has 2 aromatic carbocycles. The Morgan fingerprint density at radius 2 is 1.85 bits per heavy atom. The SMILES string of the molecule is Cc1ccc(NC(=O)[C@@H](Sc2nnc(NC3CC3)s2)c2ccccc2)cc1. The number of carbonyl (C=O) groups excluding carboxylic acids is 1. The van der Waals surface area contributed by atoms with Crippen LogP contribution in [-0.4, -0.2) is 22.1 Å². The van der Waals surface area contributed by atoms with Gasteiger partial charge in [-0.05, 0) is 37.5 Å². The highest BCUT2D eigenvalue weighted by Gasteiger charge is 2.26. The second-order valence-corrected chi connectivity index (χ2v) is 8.89. The zero-order valence-corrected chi connectivity index (χ0v) is 16.5. The Morgan fingerprint density at radius 3 is 2.56 bits per heavy atom. The van der Waals surface area contributed by atoms with Gasteiger partial charge in [0.05, 0.1) is 0 Å². The normalized spacial score (nSPS) is 14.6. The number of nitrogens with zero attached hydrogens (tertiary/aromatic N) is 2. The number of aryl methyl sites for hydroxylation is 1. The van der Waals surface area contributed by atoms with Crippen molar-refractivity contribution in [2.45, 2.75) is 35.4 Å². The van der Waals surface area contributed by atoms with Gasteiger partial charge >= 0.3 is 0 Å². The topological polar surface area (TPSA) is 66.9 Å². The summed E-state index contributed by atoms with van der Waals surface area (Å²) in [4.78, 5) is 13.0. The molecule has 1 aliphatic rings. The van der Waals surface area contributed by atoms with Gasteiger partial charge < -0.3 is 10.6 Å². The highest BCUT2D eigenvalue weighted by Crippen LogP contribution is 2.39. The summed E-state index contributed by atoms with van der Waals surface area (Å²) in [7, 11) is 0. The maximum atomic E-state index is 13.0. The lowest BCUT2D eigenvalue weighted by atomic mass is 10.1. The highest BCUT2D eigenvalue weighted by molar-refractivity contribution is 8.02. The molecule has 0 unspecified atom stereocenters. The summed E-state index contributed by atoms with van der Waals surface area (Å²) in [5, 5.41) is 15.3. The number of carbonyl (C=O) groups is 1. The van der Waals surface area contributed by atoms with Gasteiger partial charge in [0.2, 0.25) is 11.0 Å². The van der Waals surface area contributed by atoms with Crippen LogP contribution in [0.3, 0.4) is 0 Å². The zero-order valence-electron chi connectivity index (χ0n) is 14.9. The van der Waals surface area contributed by atoms with Crippen LogP contribution in [0, 0.1) is 6.92 Å². The standard InChI is InChI=1S/C20H20N4OS2/c1-13-7-9-15(10-8-13)21-18(25)17(14-5-3-2-4-6-14)26-20-24-23-19(27-20)22-16-11-12-16/h2-10,16-17H,11-12H2,1H3,(H,21,25)(H,22,23)/t17-/m0/s1. The summed E-state index contributed by atoms with van der Waals surface area (Å²) in [6.45, 7) is 2.02. The van der Waals surface area contributed by atoms with Gasteiger partial charge in [-0.25, -0.2) is 0 Å². The number of hydrogen-bond acceptors (Lipinski definition) is 6. The predicted molar refractivity (Wildman–Crippen MR) is 111 cm³/mol. The van der Waals surface area contributed by atoms with Gasteiger partial charge in [-0.3, -0.25) is 4.79 Å². The first-order valence-electron chi connectivity index (χ1n) is 8.86. The van der Waals surface area contributed by atoms with Gasteiger partial charge in [-0.1, -0.05) is 71.1 Å². The van der Waals surface area contributed by atoms with Crippen molar-refractivity contribution in [3.63, 3.8) is 0 Å². The molecule has 1 fully saturated rings. The van der Waals surface area contributed by atoms with Crippen LogP contribution in [0.2, 0.25) is 0 Å². The molecule has 0 spiro atoms.